The van der Waals surface area contributed by atoms with E-state index in [1.54, 1.807) is 12.1 Å². The first kappa shape index (κ1) is 25.7. The number of hydrogen-bond acceptors (Lipinski definition) is 6. The van der Waals surface area contributed by atoms with E-state index in [-0.39, 0.29) is 23.5 Å². The van der Waals surface area contributed by atoms with Crippen molar-refractivity contribution in [2.24, 2.45) is 5.92 Å². The van der Waals surface area contributed by atoms with Crippen molar-refractivity contribution in [3.8, 4) is 11.1 Å². The maximum atomic E-state index is 13.0. The van der Waals surface area contributed by atoms with Crippen molar-refractivity contribution in [1.29, 1.82) is 0 Å². The minimum atomic E-state index is -4.64. The molecule has 0 radical (unpaired) electrons. The van der Waals surface area contributed by atoms with E-state index in [9.17, 15) is 22.8 Å². The van der Waals surface area contributed by atoms with E-state index < -0.39 is 17.8 Å². The summed E-state index contributed by atoms with van der Waals surface area (Å²) in [4.78, 5) is 30.7. The maximum absolute atomic E-state index is 13.0. The van der Waals surface area contributed by atoms with Gasteiger partial charge in [-0.1, -0.05) is 18.2 Å². The van der Waals surface area contributed by atoms with Crippen LogP contribution in [0.5, 0.6) is 0 Å². The molecule has 2 aliphatic heterocycles. The third kappa shape index (κ3) is 4.96. The number of anilines is 2. The smallest absolute Gasteiger partial charge is 0.433 e. The van der Waals surface area contributed by atoms with Crippen LogP contribution in [0.25, 0.3) is 11.1 Å². The molecule has 1 fully saturated rings. The Labute approximate surface area is 217 Å². The van der Waals surface area contributed by atoms with Gasteiger partial charge in [-0.3, -0.25) is 14.6 Å². The highest BCUT2D eigenvalue weighted by Gasteiger charge is 2.41. The summed E-state index contributed by atoms with van der Waals surface area (Å²) in [7, 11) is 1.40. The Balaban J connectivity index is 1.44. The Bertz CT molecular complexity index is 1390. The molecule has 5 rings (SSSR count). The van der Waals surface area contributed by atoms with Crippen LogP contribution in [-0.2, 0) is 26.9 Å². The number of rotatable bonds is 4. The van der Waals surface area contributed by atoms with Gasteiger partial charge >= 0.3 is 12.1 Å². The monoisotopic (exact) mass is 525 g/mol. The van der Waals surface area contributed by atoms with Crippen LogP contribution < -0.4 is 10.2 Å². The summed E-state index contributed by atoms with van der Waals surface area (Å²) in [6, 6.07) is 13.3. The average Bonchev–Trinajstić information content (AvgIpc) is 2.92. The number of carbonyl (C=O) groups is 2. The minimum absolute atomic E-state index is 0.118. The van der Waals surface area contributed by atoms with Gasteiger partial charge in [-0.2, -0.15) is 13.2 Å². The molecule has 10 heteroatoms. The van der Waals surface area contributed by atoms with Gasteiger partial charge in [0.1, 0.15) is 5.69 Å². The predicted molar refractivity (Wildman–Crippen MR) is 135 cm³/mol. The van der Waals surface area contributed by atoms with E-state index >= 15 is 0 Å². The van der Waals surface area contributed by atoms with Crippen molar-refractivity contribution in [3.05, 3.63) is 77.1 Å². The van der Waals surface area contributed by atoms with Crippen LogP contribution in [0.15, 0.2) is 54.7 Å². The average molecular weight is 526 g/mol. The van der Waals surface area contributed by atoms with Crippen molar-refractivity contribution in [3.63, 3.8) is 0 Å². The first-order valence-corrected chi connectivity index (χ1v) is 12.2. The number of halogens is 3. The summed E-state index contributed by atoms with van der Waals surface area (Å²) < 4.78 is 49.8. The second kappa shape index (κ2) is 10.1. The topological polar surface area (TPSA) is 80.8 Å². The Kier molecular flexibility index (Phi) is 6.83. The molecule has 0 spiro atoms. The standard InChI is InChI=1S/C28H26F3N3O4/c1-16-3-6-20(33-26(35)19-7-8-32-25(13-19)28(29,30)31)14-21(16)17-4-5-18-11-22(27(36)37-2)24-15-38-10-9-34(24)23(18)12-17/h3-8,12-14,22,24H,9-11,15H2,1-2H3,(H,33,35)/t22-,24+/m1/s1. The largest absolute Gasteiger partial charge is 0.469 e. The van der Waals surface area contributed by atoms with Crippen molar-refractivity contribution in [2.75, 3.05) is 37.1 Å². The molecule has 0 unspecified atom stereocenters. The fraction of sp³-hybridized carbons (Fsp3) is 0.321. The molecule has 1 N–H and O–H groups in total. The van der Waals surface area contributed by atoms with Crippen molar-refractivity contribution >= 4 is 23.3 Å². The van der Waals surface area contributed by atoms with Gasteiger partial charge in [0.15, 0.2) is 0 Å². The Hall–Kier alpha value is -3.92. The third-order valence-electron chi connectivity index (χ3n) is 7.09. The third-order valence-corrected chi connectivity index (χ3v) is 7.09. The first-order valence-electron chi connectivity index (χ1n) is 12.2. The Morgan fingerprint density at radius 2 is 1.95 bits per heavy atom. The molecule has 0 saturated carbocycles. The van der Waals surface area contributed by atoms with E-state index in [1.807, 2.05) is 25.1 Å². The zero-order valence-corrected chi connectivity index (χ0v) is 20.8. The van der Waals surface area contributed by atoms with E-state index in [0.717, 1.165) is 40.2 Å². The first-order chi connectivity index (χ1) is 18.2. The highest BCUT2D eigenvalue weighted by atomic mass is 19.4. The molecule has 2 atom stereocenters. The summed E-state index contributed by atoms with van der Waals surface area (Å²) in [5.74, 6) is -1.23. The number of benzene rings is 2. The van der Waals surface area contributed by atoms with E-state index in [4.69, 9.17) is 9.47 Å². The number of alkyl halides is 3. The number of fused-ring (bicyclic) bond motifs is 3. The predicted octanol–water partition coefficient (Wildman–Crippen LogP) is 4.88. The molecule has 1 aromatic heterocycles. The molecule has 3 aromatic rings. The van der Waals surface area contributed by atoms with E-state index in [2.05, 4.69) is 21.3 Å². The lowest BCUT2D eigenvalue weighted by Gasteiger charge is -2.45. The summed E-state index contributed by atoms with van der Waals surface area (Å²) in [5.41, 5.74) is 4.02. The quantitative estimate of drug-likeness (QED) is 0.490. The van der Waals surface area contributed by atoms with Gasteiger partial charge in [-0.15, -0.1) is 0 Å². The number of ether oxygens (including phenoxy) is 2. The lowest BCUT2D eigenvalue weighted by molar-refractivity contribution is -0.147. The zero-order valence-electron chi connectivity index (χ0n) is 20.8. The van der Waals surface area contributed by atoms with Gasteiger partial charge < -0.3 is 19.7 Å². The van der Waals surface area contributed by atoms with Gasteiger partial charge in [-0.05, 0) is 65.9 Å². The fourth-order valence-electron chi connectivity index (χ4n) is 5.13. The number of carbonyl (C=O) groups excluding carboxylic acids is 2. The number of aromatic nitrogens is 1. The second-order valence-electron chi connectivity index (χ2n) is 9.42. The van der Waals surface area contributed by atoms with Crippen LogP contribution in [0.4, 0.5) is 24.5 Å². The maximum Gasteiger partial charge on any atom is 0.433 e. The van der Waals surface area contributed by atoms with Crippen LogP contribution in [0.1, 0.15) is 27.2 Å². The SMILES string of the molecule is COC(=O)[C@@H]1Cc2ccc(-c3cc(NC(=O)c4ccnc(C(F)(F)F)c4)ccc3C)cc2N2CCOC[C@@H]12. The molecule has 7 nitrogen and oxygen atoms in total. The molecule has 3 heterocycles. The number of nitrogens with one attached hydrogen (secondary N) is 1. The number of methoxy groups -OCH3 is 1. The Morgan fingerprint density at radius 3 is 2.71 bits per heavy atom. The molecule has 1 saturated heterocycles. The number of morpholine rings is 1. The van der Waals surface area contributed by atoms with E-state index in [0.29, 0.717) is 31.9 Å². The van der Waals surface area contributed by atoms with Crippen molar-refractivity contribution in [1.82, 2.24) is 4.98 Å². The number of pyridine rings is 1. The molecule has 2 aromatic carbocycles. The molecule has 1 amide bonds. The Morgan fingerprint density at radius 1 is 1.13 bits per heavy atom. The molecule has 0 aliphatic carbocycles. The number of amides is 1. The number of hydrogen-bond donors (Lipinski definition) is 1. The van der Waals surface area contributed by atoms with Crippen LogP contribution >= 0.6 is 0 Å². The van der Waals surface area contributed by atoms with E-state index in [1.165, 1.54) is 13.2 Å². The van der Waals surface area contributed by atoms with Gasteiger partial charge in [0, 0.05) is 29.7 Å². The van der Waals surface area contributed by atoms with Crippen molar-refractivity contribution < 1.29 is 32.2 Å². The van der Waals surface area contributed by atoms with Crippen LogP contribution in [0, 0.1) is 12.8 Å². The molecular weight excluding hydrogens is 499 g/mol. The van der Waals surface area contributed by atoms with Crippen LogP contribution in [0.2, 0.25) is 0 Å². The molecule has 198 valence electrons. The number of nitrogens with zero attached hydrogens (tertiary/aromatic N) is 2. The number of esters is 1. The minimum Gasteiger partial charge on any atom is -0.469 e. The lowest BCUT2D eigenvalue weighted by Crippen LogP contribution is -2.55. The zero-order chi connectivity index (χ0) is 27.0. The van der Waals surface area contributed by atoms with Gasteiger partial charge in [0.25, 0.3) is 5.91 Å². The summed E-state index contributed by atoms with van der Waals surface area (Å²) in [6.07, 6.45) is -3.13. The lowest BCUT2D eigenvalue weighted by atomic mass is 9.84. The fourth-order valence-corrected chi connectivity index (χ4v) is 5.13. The summed E-state index contributed by atoms with van der Waals surface area (Å²) in [6.45, 7) is 3.59. The van der Waals surface area contributed by atoms with Crippen LogP contribution in [-0.4, -0.2) is 49.8 Å². The molecule has 0 bridgehead atoms. The summed E-state index contributed by atoms with van der Waals surface area (Å²) >= 11 is 0. The molecule has 2 aliphatic rings. The second-order valence-corrected chi connectivity index (χ2v) is 9.42. The summed E-state index contributed by atoms with van der Waals surface area (Å²) in [5, 5.41) is 2.69. The van der Waals surface area contributed by atoms with Gasteiger partial charge in [0.05, 0.1) is 32.3 Å². The normalized spacial score (nSPS) is 18.8. The van der Waals surface area contributed by atoms with Gasteiger partial charge in [0.2, 0.25) is 0 Å². The highest BCUT2D eigenvalue weighted by molar-refractivity contribution is 6.04. The molecule has 38 heavy (non-hydrogen) atoms. The van der Waals surface area contributed by atoms with Crippen molar-refractivity contribution in [2.45, 2.75) is 25.6 Å². The van der Waals surface area contributed by atoms with Gasteiger partial charge in [-0.25, -0.2) is 0 Å². The molecular formula is C28H26F3N3O4. The van der Waals surface area contributed by atoms with Crippen LogP contribution in [0.3, 0.4) is 0 Å². The number of aryl methyl sites for hydroxylation is 1. The highest BCUT2D eigenvalue weighted by Crippen LogP contribution is 2.39.